The zero-order chi connectivity index (χ0) is 20.3. The van der Waals surface area contributed by atoms with Gasteiger partial charge in [0.1, 0.15) is 18.0 Å². The summed E-state index contributed by atoms with van der Waals surface area (Å²) in [5, 5.41) is 9.69. The lowest BCUT2D eigenvalue weighted by atomic mass is 9.98. The highest BCUT2D eigenvalue weighted by Crippen LogP contribution is 2.39. The van der Waals surface area contributed by atoms with E-state index in [0.29, 0.717) is 22.7 Å². The molecule has 0 radical (unpaired) electrons. The standard InChI is InChI=1S/C16H18FN3O6S2/c17-15-12(10-5-7-19(8-6-10)27(23,24)11-1-2-11)3-4-13(21)16(15)20-9-14(22)18-28(20,25)26/h3-5,11,21H,1-2,6-9H2,(H,18,22). The Balaban J connectivity index is 1.67. The molecule has 0 bridgehead atoms. The number of nitrogens with one attached hydrogen (secondary N) is 1. The van der Waals surface area contributed by atoms with E-state index in [1.165, 1.54) is 10.4 Å². The van der Waals surface area contributed by atoms with Crippen LogP contribution in [0, 0.1) is 5.82 Å². The summed E-state index contributed by atoms with van der Waals surface area (Å²) in [6.45, 7) is -0.336. The van der Waals surface area contributed by atoms with E-state index in [1.54, 1.807) is 10.8 Å². The third-order valence-corrected chi connectivity index (χ3v) is 8.73. The number of sulfonamides is 1. The maximum absolute atomic E-state index is 15.1. The van der Waals surface area contributed by atoms with Gasteiger partial charge in [-0.1, -0.05) is 6.08 Å². The van der Waals surface area contributed by atoms with Gasteiger partial charge in [-0.2, -0.15) is 12.7 Å². The van der Waals surface area contributed by atoms with Crippen LogP contribution in [0.1, 0.15) is 24.8 Å². The molecule has 4 rings (SSSR count). The number of benzene rings is 1. The van der Waals surface area contributed by atoms with Gasteiger partial charge in [-0.25, -0.2) is 21.8 Å². The first-order chi connectivity index (χ1) is 13.1. The topological polar surface area (TPSA) is 124 Å². The van der Waals surface area contributed by atoms with Crippen LogP contribution in [0.4, 0.5) is 10.1 Å². The summed E-state index contributed by atoms with van der Waals surface area (Å²) in [6, 6.07) is 2.46. The highest BCUT2D eigenvalue weighted by molar-refractivity contribution is 7.92. The van der Waals surface area contributed by atoms with E-state index in [4.69, 9.17) is 0 Å². The van der Waals surface area contributed by atoms with Crippen LogP contribution in [0.2, 0.25) is 0 Å². The monoisotopic (exact) mass is 431 g/mol. The Morgan fingerprint density at radius 1 is 1.25 bits per heavy atom. The minimum Gasteiger partial charge on any atom is -0.506 e. The van der Waals surface area contributed by atoms with Crippen molar-refractivity contribution >= 4 is 37.4 Å². The van der Waals surface area contributed by atoms with E-state index in [-0.39, 0.29) is 30.3 Å². The third kappa shape index (κ3) is 3.14. The molecule has 2 heterocycles. The highest BCUT2D eigenvalue weighted by atomic mass is 32.2. The van der Waals surface area contributed by atoms with Crippen molar-refractivity contribution in [1.29, 1.82) is 0 Å². The molecule has 2 fully saturated rings. The number of phenolic OH excluding ortho intramolecular Hbond substituents is 1. The predicted octanol–water partition coefficient (Wildman–Crippen LogP) is 0.294. The smallest absolute Gasteiger partial charge is 0.326 e. The fourth-order valence-corrected chi connectivity index (χ4v) is 6.33. The summed E-state index contributed by atoms with van der Waals surface area (Å²) in [6.07, 6.45) is 3.15. The Morgan fingerprint density at radius 2 is 1.96 bits per heavy atom. The quantitative estimate of drug-likeness (QED) is 0.706. The lowest BCUT2D eigenvalue weighted by Crippen LogP contribution is -2.37. The number of phenols is 1. The second kappa shape index (κ2) is 6.42. The number of amides is 1. The Hall–Kier alpha value is -2.18. The minimum absolute atomic E-state index is 0.0609. The second-order valence-electron chi connectivity index (χ2n) is 6.91. The van der Waals surface area contributed by atoms with E-state index in [1.807, 2.05) is 0 Å². The molecule has 9 nitrogen and oxygen atoms in total. The van der Waals surface area contributed by atoms with Crippen LogP contribution >= 0.6 is 0 Å². The van der Waals surface area contributed by atoms with Crippen molar-refractivity contribution in [2.75, 3.05) is 23.9 Å². The minimum atomic E-state index is -4.29. The van der Waals surface area contributed by atoms with Gasteiger partial charge in [-0.15, -0.1) is 0 Å². The molecule has 1 saturated carbocycles. The molecule has 1 aromatic carbocycles. The molecule has 1 aliphatic carbocycles. The number of nitrogens with zero attached hydrogens (tertiary/aromatic N) is 2. The molecule has 0 unspecified atom stereocenters. The van der Waals surface area contributed by atoms with E-state index >= 15 is 4.39 Å². The van der Waals surface area contributed by atoms with Crippen LogP contribution < -0.4 is 9.03 Å². The molecule has 12 heteroatoms. The molecule has 1 amide bonds. The molecule has 28 heavy (non-hydrogen) atoms. The maximum Gasteiger partial charge on any atom is 0.326 e. The average Bonchev–Trinajstić information content (AvgIpc) is 3.43. The van der Waals surface area contributed by atoms with Crippen molar-refractivity contribution in [2.24, 2.45) is 0 Å². The van der Waals surface area contributed by atoms with Gasteiger partial charge in [0.05, 0.1) is 5.25 Å². The summed E-state index contributed by atoms with van der Waals surface area (Å²) in [5.74, 6) is -2.43. The van der Waals surface area contributed by atoms with Crippen LogP contribution in [-0.4, -0.2) is 57.0 Å². The van der Waals surface area contributed by atoms with Crippen molar-refractivity contribution in [2.45, 2.75) is 24.5 Å². The SMILES string of the molecule is O=C1CN(c2c(O)ccc(C3=CCN(S(=O)(=O)C4CC4)CC3)c2F)S(=O)(=O)N1. The predicted molar refractivity (Wildman–Crippen MR) is 98.6 cm³/mol. The molecule has 2 N–H and O–H groups in total. The Morgan fingerprint density at radius 3 is 2.50 bits per heavy atom. The zero-order valence-corrected chi connectivity index (χ0v) is 16.3. The lowest BCUT2D eigenvalue weighted by molar-refractivity contribution is -0.117. The third-order valence-electron chi connectivity index (χ3n) is 4.99. The largest absolute Gasteiger partial charge is 0.506 e. The van der Waals surface area contributed by atoms with Gasteiger partial charge in [0, 0.05) is 18.7 Å². The van der Waals surface area contributed by atoms with Gasteiger partial charge >= 0.3 is 10.2 Å². The number of rotatable bonds is 4. The molecule has 0 aromatic heterocycles. The zero-order valence-electron chi connectivity index (χ0n) is 14.6. The van der Waals surface area contributed by atoms with Crippen LogP contribution in [-0.2, 0) is 25.0 Å². The first kappa shape index (κ1) is 19.2. The average molecular weight is 431 g/mol. The van der Waals surface area contributed by atoms with Gasteiger partial charge in [0.2, 0.25) is 10.0 Å². The summed E-state index contributed by atoms with van der Waals surface area (Å²) >= 11 is 0. The van der Waals surface area contributed by atoms with Crippen LogP contribution in [0.5, 0.6) is 5.75 Å². The Labute approximate surface area is 161 Å². The first-order valence-electron chi connectivity index (χ1n) is 8.64. The van der Waals surface area contributed by atoms with E-state index in [2.05, 4.69) is 0 Å². The number of hydrogen-bond donors (Lipinski definition) is 2. The number of anilines is 1. The first-order valence-corrected chi connectivity index (χ1v) is 11.6. The number of halogens is 1. The molecule has 152 valence electrons. The lowest BCUT2D eigenvalue weighted by Gasteiger charge is -2.27. The van der Waals surface area contributed by atoms with Crippen LogP contribution in [0.25, 0.3) is 5.57 Å². The number of hydrogen-bond acceptors (Lipinski definition) is 6. The van der Waals surface area contributed by atoms with Crippen LogP contribution in [0.3, 0.4) is 0 Å². The fourth-order valence-electron chi connectivity index (χ4n) is 3.39. The summed E-state index contributed by atoms with van der Waals surface area (Å²) in [4.78, 5) is 11.4. The van der Waals surface area contributed by atoms with Crippen LogP contribution in [0.15, 0.2) is 18.2 Å². The molecule has 0 atom stereocenters. The van der Waals surface area contributed by atoms with Gasteiger partial charge in [-0.3, -0.25) is 4.79 Å². The normalized spacial score (nSPS) is 22.8. The molecule has 3 aliphatic rings. The van der Waals surface area contributed by atoms with Crippen molar-refractivity contribution in [3.8, 4) is 5.75 Å². The molecular weight excluding hydrogens is 413 g/mol. The van der Waals surface area contributed by atoms with Crippen molar-refractivity contribution in [1.82, 2.24) is 9.03 Å². The van der Waals surface area contributed by atoms with Gasteiger partial charge < -0.3 is 5.11 Å². The summed E-state index contributed by atoms with van der Waals surface area (Å²) in [7, 11) is -7.62. The van der Waals surface area contributed by atoms with E-state index in [0.717, 1.165) is 6.07 Å². The van der Waals surface area contributed by atoms with Crippen molar-refractivity contribution < 1.29 is 31.1 Å². The van der Waals surface area contributed by atoms with Gasteiger partial charge in [-0.05, 0) is 37.0 Å². The van der Waals surface area contributed by atoms with Gasteiger partial charge in [0.15, 0.2) is 5.82 Å². The van der Waals surface area contributed by atoms with Crippen molar-refractivity contribution in [3.63, 3.8) is 0 Å². The summed E-state index contributed by atoms with van der Waals surface area (Å²) in [5.41, 5.74) is -0.0347. The Bertz CT molecular complexity index is 1100. The van der Waals surface area contributed by atoms with Gasteiger partial charge in [0.25, 0.3) is 5.91 Å². The number of carbonyl (C=O) groups excluding carboxylic acids is 1. The Kier molecular flexibility index (Phi) is 4.39. The summed E-state index contributed by atoms with van der Waals surface area (Å²) < 4.78 is 67.4. The molecular formula is C16H18FN3O6S2. The number of carbonyl (C=O) groups is 1. The molecule has 1 saturated heterocycles. The second-order valence-corrected chi connectivity index (χ2v) is 10.7. The highest BCUT2D eigenvalue weighted by Gasteiger charge is 2.41. The fraction of sp³-hybridized carbons (Fsp3) is 0.438. The molecule has 2 aliphatic heterocycles. The molecule has 1 aromatic rings. The van der Waals surface area contributed by atoms with E-state index in [9.17, 15) is 26.7 Å². The van der Waals surface area contributed by atoms with Crippen molar-refractivity contribution in [3.05, 3.63) is 29.6 Å². The number of aromatic hydroxyl groups is 1. The molecule has 0 spiro atoms. The maximum atomic E-state index is 15.1. The van der Waals surface area contributed by atoms with E-state index < -0.39 is 49.9 Å².